The fraction of sp³-hybridized carbons (Fsp3) is 0.481. The maximum atomic E-state index is 12.9. The van der Waals surface area contributed by atoms with Crippen molar-refractivity contribution in [1.29, 1.82) is 0 Å². The Kier molecular flexibility index (Phi) is 36.9. The summed E-state index contributed by atoms with van der Waals surface area (Å²) in [7, 11) is 0. The minimum absolute atomic E-state index is 0.0255. The molecule has 2 saturated heterocycles. The predicted molar refractivity (Wildman–Crippen MR) is 387 cm³/mol. The van der Waals surface area contributed by atoms with Crippen LogP contribution >= 0.6 is 0 Å². The highest BCUT2D eigenvalue weighted by atomic mass is 19.4. The average Bonchev–Trinajstić information content (AvgIpc) is 0.951. The van der Waals surface area contributed by atoms with Gasteiger partial charge in [0, 0.05) is 71.0 Å². The van der Waals surface area contributed by atoms with Crippen LogP contribution in [0.25, 0.3) is 0 Å². The normalized spacial score (nSPS) is 16.0. The SMILES string of the molecule is CC1(CC(=O)NCc2cc(C(F)(F)F)cc(C(F)(F)F)c2)CCCCC1.CCCC(=O)NCc1cc(C(F)(F)F)cc(C(F)(F)F)c1.CCCCC(=O)NCc1cc(C(F)(F)F)cc(C(F)(F)F)c1.O=C(CN1CCCCC1=O)NCc1cc(C(F)(F)F)cc(C(F)(F)F)c1.O=C(NCc1cc(C(F)(F)F)cc(C(F)(F)F)c1)[C@H]1CC[C@@H](c2ccccc2)N1. The van der Waals surface area contributed by atoms with E-state index in [1.165, 1.54) is 4.90 Å². The maximum absolute atomic E-state index is 12.9. The van der Waals surface area contributed by atoms with E-state index in [-0.39, 0.29) is 127 Å². The molecule has 2 atom stereocenters. The highest BCUT2D eigenvalue weighted by molar-refractivity contribution is 5.85. The molecule has 13 nitrogen and oxygen atoms in total. The van der Waals surface area contributed by atoms with Crippen LogP contribution in [-0.2, 0) is 123 Å². The van der Waals surface area contributed by atoms with Crippen molar-refractivity contribution in [3.8, 4) is 0 Å². The molecule has 6 amide bonds. The molecule has 0 aromatic heterocycles. The summed E-state index contributed by atoms with van der Waals surface area (Å²) >= 11 is 0. The van der Waals surface area contributed by atoms with Crippen LogP contribution in [0.2, 0.25) is 0 Å². The number of hydrogen-bond acceptors (Lipinski definition) is 7. The lowest BCUT2D eigenvalue weighted by Gasteiger charge is -2.32. The van der Waals surface area contributed by atoms with Gasteiger partial charge < -0.3 is 31.5 Å². The van der Waals surface area contributed by atoms with Crippen LogP contribution in [0.15, 0.2) is 121 Å². The van der Waals surface area contributed by atoms with E-state index >= 15 is 0 Å². The van der Waals surface area contributed by atoms with Gasteiger partial charge in [-0.15, -0.1) is 0 Å². The van der Waals surface area contributed by atoms with E-state index in [0.717, 1.165) is 56.9 Å². The van der Waals surface area contributed by atoms with E-state index < -0.39 is 160 Å². The molecule has 6 N–H and O–H groups in total. The first-order valence-corrected chi connectivity index (χ1v) is 37.8. The number of carbonyl (C=O) groups is 6. The first-order chi connectivity index (χ1) is 57.0. The summed E-state index contributed by atoms with van der Waals surface area (Å²) in [5.74, 6) is -2.51. The number of carbonyl (C=O) groups excluding carboxylic acids is 6. The van der Waals surface area contributed by atoms with Crippen LogP contribution in [0.3, 0.4) is 0 Å². The number of benzene rings is 6. The van der Waals surface area contributed by atoms with Gasteiger partial charge in [-0.3, -0.25) is 34.1 Å². The molecule has 1 saturated carbocycles. The molecular formula is C81H83F30N7O6. The van der Waals surface area contributed by atoms with Gasteiger partial charge in [-0.05, 0) is 181 Å². The van der Waals surface area contributed by atoms with Crippen molar-refractivity contribution in [2.45, 2.75) is 230 Å². The summed E-state index contributed by atoms with van der Waals surface area (Å²) < 4.78 is 383. The lowest BCUT2D eigenvalue weighted by molar-refractivity contribution is -0.144. The summed E-state index contributed by atoms with van der Waals surface area (Å²) in [6.45, 7) is 3.62. The Morgan fingerprint density at radius 1 is 0.371 bits per heavy atom. The number of halogens is 30. The van der Waals surface area contributed by atoms with Crippen molar-refractivity contribution in [3.63, 3.8) is 0 Å². The third-order valence-corrected chi connectivity index (χ3v) is 19.0. The van der Waals surface area contributed by atoms with Crippen LogP contribution in [0.4, 0.5) is 132 Å². The Balaban J connectivity index is 0.000000277. The molecule has 6 aromatic rings. The van der Waals surface area contributed by atoms with Gasteiger partial charge >= 0.3 is 61.8 Å². The van der Waals surface area contributed by atoms with Crippen molar-refractivity contribution in [3.05, 3.63) is 210 Å². The first-order valence-electron chi connectivity index (χ1n) is 37.8. The Morgan fingerprint density at radius 2 is 0.677 bits per heavy atom. The standard InChI is InChI=1S/C20H18F6N2O.C18H21F6NO.C16H16F6N2O2.C14H15F6NO.C13H13F6NO/c21-19(22,23)14-8-12(9-15(10-14)20(24,25)26)11-27-18(29)17-7-6-16(28-17)13-4-2-1-3-5-13;1-16(5-3-2-4-6-16)10-15(26)25-11-12-7-13(17(19,20)21)9-14(8-12)18(22,23)24;17-15(18,19)11-5-10(6-12(7-11)16(20,21)22)8-23-13(25)9-24-4-2-1-3-14(24)26;1-2-3-4-12(22)21-8-9-5-10(13(15,16)17)7-11(6-9)14(18,19)20;1-2-3-11(21)20-7-8-4-9(12(14,15)16)6-10(5-8)13(17,18)19/h1-5,8-10,16-17,28H,6-7,11H2,(H,27,29);7-9H,2-6,10-11H2,1H3,(H,25,26);5-7H,1-4,8-9H2,(H,23,25);5-7H,2-4,8H2,1H3,(H,21,22);4-6H,2-3,7H2,1H3,(H,20,21)/t16-,17+;;;;/m0..../s1. The van der Waals surface area contributed by atoms with E-state index in [1.54, 1.807) is 6.92 Å². The Hall–Kier alpha value is -10.0. The van der Waals surface area contributed by atoms with Crippen molar-refractivity contribution in [2.75, 3.05) is 13.1 Å². The third-order valence-electron chi connectivity index (χ3n) is 19.0. The van der Waals surface area contributed by atoms with Crippen LogP contribution in [0.5, 0.6) is 0 Å². The lowest BCUT2D eigenvalue weighted by atomic mass is 9.73. The Morgan fingerprint density at radius 3 is 0.984 bits per heavy atom. The molecule has 1 aliphatic carbocycles. The molecule has 0 radical (unpaired) electrons. The molecular weight excluding hydrogens is 1740 g/mol. The number of hydrogen-bond donors (Lipinski definition) is 6. The second-order valence-corrected chi connectivity index (χ2v) is 29.3. The molecule has 9 rings (SSSR count). The quantitative estimate of drug-likeness (QED) is 0.0388. The smallest absolute Gasteiger partial charge is 0.352 e. The number of likely N-dealkylation sites (tertiary alicyclic amines) is 1. The highest BCUT2D eigenvalue weighted by Gasteiger charge is 2.43. The second-order valence-electron chi connectivity index (χ2n) is 29.3. The van der Waals surface area contributed by atoms with Gasteiger partial charge in [0.15, 0.2) is 0 Å². The van der Waals surface area contributed by atoms with E-state index in [4.69, 9.17) is 0 Å². The van der Waals surface area contributed by atoms with Crippen molar-refractivity contribution >= 4 is 35.4 Å². The van der Waals surface area contributed by atoms with E-state index in [9.17, 15) is 160 Å². The van der Waals surface area contributed by atoms with E-state index in [2.05, 4.69) is 31.9 Å². The monoisotopic (exact) mass is 1820 g/mol. The minimum atomic E-state index is -4.94. The van der Waals surface area contributed by atoms with Crippen molar-refractivity contribution < 1.29 is 160 Å². The fourth-order valence-corrected chi connectivity index (χ4v) is 12.7. The predicted octanol–water partition coefficient (Wildman–Crippen LogP) is 22.6. The van der Waals surface area contributed by atoms with Gasteiger partial charge in [-0.25, -0.2) is 0 Å². The van der Waals surface area contributed by atoms with Gasteiger partial charge in [0.1, 0.15) is 0 Å². The third kappa shape index (κ3) is 35.6. The molecule has 124 heavy (non-hydrogen) atoms. The van der Waals surface area contributed by atoms with Gasteiger partial charge in [-0.2, -0.15) is 132 Å². The molecule has 2 aliphatic heterocycles. The number of alkyl halides is 30. The topological polar surface area (TPSA) is 178 Å². The van der Waals surface area contributed by atoms with Gasteiger partial charge in [0.2, 0.25) is 35.4 Å². The van der Waals surface area contributed by atoms with Crippen LogP contribution in [0.1, 0.15) is 219 Å². The molecule has 3 fully saturated rings. The molecule has 43 heteroatoms. The number of unbranched alkanes of at least 4 members (excludes halogenated alkanes) is 1. The zero-order valence-corrected chi connectivity index (χ0v) is 65.7. The number of piperidine rings is 1. The molecule has 0 unspecified atom stereocenters. The fourth-order valence-electron chi connectivity index (χ4n) is 12.7. The summed E-state index contributed by atoms with van der Waals surface area (Å²) in [5.41, 5.74) is -14.5. The zero-order chi connectivity index (χ0) is 93.6. The van der Waals surface area contributed by atoms with Crippen LogP contribution < -0.4 is 31.9 Å². The zero-order valence-electron chi connectivity index (χ0n) is 65.7. The van der Waals surface area contributed by atoms with Crippen molar-refractivity contribution in [2.24, 2.45) is 5.41 Å². The van der Waals surface area contributed by atoms with Crippen LogP contribution in [-0.4, -0.2) is 59.5 Å². The van der Waals surface area contributed by atoms with E-state index in [1.807, 2.05) is 44.2 Å². The minimum Gasteiger partial charge on any atom is -0.352 e. The number of amides is 6. The average molecular weight is 1820 g/mol. The molecule has 0 bridgehead atoms. The Bertz CT molecular complexity index is 4360. The largest absolute Gasteiger partial charge is 0.416 e. The number of rotatable bonds is 21. The lowest BCUT2D eigenvalue weighted by Crippen LogP contribution is -2.42. The van der Waals surface area contributed by atoms with Gasteiger partial charge in [0.05, 0.1) is 68.2 Å². The summed E-state index contributed by atoms with van der Waals surface area (Å²) in [5, 5.41) is 14.9. The summed E-state index contributed by atoms with van der Waals surface area (Å²) in [4.78, 5) is 71.8. The molecule has 3 aliphatic rings. The van der Waals surface area contributed by atoms with E-state index in [0.29, 0.717) is 99.3 Å². The first kappa shape index (κ1) is 105. The van der Waals surface area contributed by atoms with Crippen molar-refractivity contribution in [1.82, 2.24) is 36.8 Å². The van der Waals surface area contributed by atoms with Gasteiger partial charge in [-0.1, -0.05) is 76.8 Å². The number of nitrogens with zero attached hydrogens (tertiary/aromatic N) is 1. The number of nitrogens with one attached hydrogen (secondary N) is 6. The van der Waals surface area contributed by atoms with Gasteiger partial charge in [0.25, 0.3) is 0 Å². The molecule has 0 spiro atoms. The highest BCUT2D eigenvalue weighted by Crippen LogP contribution is 2.44. The van der Waals surface area contributed by atoms with Crippen LogP contribution in [0, 0.1) is 5.41 Å². The summed E-state index contributed by atoms with van der Waals surface area (Å²) in [6, 6.07) is 15.2. The Labute approximate surface area is 689 Å². The molecule has 688 valence electrons. The molecule has 6 aromatic carbocycles. The maximum Gasteiger partial charge on any atom is 0.416 e. The summed E-state index contributed by atoms with van der Waals surface area (Å²) in [6.07, 6.45) is -38.7. The second kappa shape index (κ2) is 43.7. The molecule has 2 heterocycles.